The Morgan fingerprint density at radius 2 is 1.50 bits per heavy atom. The number of primary amides is 2. The fraction of sp³-hybridized carbons (Fsp3) is 0.632. The summed E-state index contributed by atoms with van der Waals surface area (Å²) in [7, 11) is 0. The van der Waals surface area contributed by atoms with Crippen molar-refractivity contribution in [1.29, 1.82) is 0 Å². The van der Waals surface area contributed by atoms with E-state index < -0.39 is 72.1 Å². The van der Waals surface area contributed by atoms with E-state index in [1.807, 2.05) is 0 Å². The minimum absolute atomic E-state index is 0.0766. The number of amides is 5. The van der Waals surface area contributed by atoms with Gasteiger partial charge in [-0.25, -0.2) is 4.79 Å². The van der Waals surface area contributed by atoms with Crippen LogP contribution in [0.15, 0.2) is 0 Å². The van der Waals surface area contributed by atoms with E-state index in [1.54, 1.807) is 0 Å². The Hall–Kier alpha value is -3.75. The number of nitrogens with two attached hydrogens (primary N) is 3. The zero-order valence-electron chi connectivity index (χ0n) is 18.4. The third-order valence-corrected chi connectivity index (χ3v) is 5.16. The van der Waals surface area contributed by atoms with Crippen molar-refractivity contribution >= 4 is 41.5 Å². The number of carboxylic acids is 2. The van der Waals surface area contributed by atoms with E-state index in [-0.39, 0.29) is 38.6 Å². The number of hydrogen-bond donors (Lipinski definition) is 7. The molecule has 0 radical (unpaired) electrons. The van der Waals surface area contributed by atoms with Crippen LogP contribution in [0.25, 0.3) is 0 Å². The molecular formula is C19H30N6O9. The molecule has 0 aromatic carbocycles. The van der Waals surface area contributed by atoms with Crippen molar-refractivity contribution in [2.24, 2.45) is 17.2 Å². The van der Waals surface area contributed by atoms with Gasteiger partial charge >= 0.3 is 11.9 Å². The van der Waals surface area contributed by atoms with Crippen molar-refractivity contribution in [2.45, 2.75) is 69.1 Å². The first kappa shape index (κ1) is 28.3. The van der Waals surface area contributed by atoms with Gasteiger partial charge in [0.05, 0.1) is 12.5 Å². The third-order valence-electron chi connectivity index (χ3n) is 5.16. The average Bonchev–Trinajstić information content (AvgIpc) is 3.23. The fourth-order valence-corrected chi connectivity index (χ4v) is 3.40. The van der Waals surface area contributed by atoms with Gasteiger partial charge in [0, 0.05) is 19.4 Å². The molecule has 15 heteroatoms. The average molecular weight is 486 g/mol. The molecule has 34 heavy (non-hydrogen) atoms. The van der Waals surface area contributed by atoms with Gasteiger partial charge in [0.15, 0.2) is 0 Å². The van der Waals surface area contributed by atoms with Crippen LogP contribution in [-0.4, -0.2) is 87.3 Å². The van der Waals surface area contributed by atoms with Crippen molar-refractivity contribution in [3.63, 3.8) is 0 Å². The molecule has 1 saturated heterocycles. The van der Waals surface area contributed by atoms with Gasteiger partial charge in [-0.1, -0.05) is 0 Å². The third kappa shape index (κ3) is 9.01. The molecule has 0 aliphatic carbocycles. The lowest BCUT2D eigenvalue weighted by Gasteiger charge is -2.29. The van der Waals surface area contributed by atoms with Gasteiger partial charge in [-0.2, -0.15) is 0 Å². The number of carboxylic acid groups (broad SMARTS) is 2. The Labute approximate surface area is 194 Å². The van der Waals surface area contributed by atoms with E-state index in [0.29, 0.717) is 6.42 Å². The zero-order valence-corrected chi connectivity index (χ0v) is 18.4. The molecule has 5 amide bonds. The van der Waals surface area contributed by atoms with Gasteiger partial charge in [-0.3, -0.25) is 28.8 Å². The SMILES string of the molecule is NC(=O)CC[C@H](NC(=O)[C@@H](N)CCC(N)=O)C(=O)N1CCC[C@H]1C(=O)N[C@@H](CC(=O)O)C(=O)O. The van der Waals surface area contributed by atoms with E-state index >= 15 is 0 Å². The number of nitrogens with one attached hydrogen (secondary N) is 2. The molecule has 0 aromatic heterocycles. The summed E-state index contributed by atoms with van der Waals surface area (Å²) < 4.78 is 0. The quantitative estimate of drug-likeness (QED) is 0.126. The van der Waals surface area contributed by atoms with Gasteiger partial charge in [0.1, 0.15) is 18.1 Å². The topological polar surface area (TPSA) is 265 Å². The summed E-state index contributed by atoms with van der Waals surface area (Å²) >= 11 is 0. The maximum absolute atomic E-state index is 13.1. The predicted octanol–water partition coefficient (Wildman–Crippen LogP) is -3.64. The molecule has 1 aliphatic rings. The Morgan fingerprint density at radius 3 is 2.03 bits per heavy atom. The number of likely N-dealkylation sites (tertiary alicyclic amines) is 1. The maximum atomic E-state index is 13.1. The highest BCUT2D eigenvalue weighted by molar-refractivity contribution is 5.95. The second-order valence-electron chi connectivity index (χ2n) is 7.86. The number of hydrogen-bond acceptors (Lipinski definition) is 8. The monoisotopic (exact) mass is 486 g/mol. The van der Waals surface area contributed by atoms with Crippen molar-refractivity contribution < 1.29 is 43.8 Å². The highest BCUT2D eigenvalue weighted by Crippen LogP contribution is 2.20. The Balaban J connectivity index is 2.97. The Kier molecular flexibility index (Phi) is 10.9. The predicted molar refractivity (Wildman–Crippen MR) is 113 cm³/mol. The molecule has 4 atom stereocenters. The minimum Gasteiger partial charge on any atom is -0.481 e. The lowest BCUT2D eigenvalue weighted by atomic mass is 10.1. The van der Waals surface area contributed by atoms with Gasteiger partial charge in [0.25, 0.3) is 0 Å². The molecule has 0 aromatic rings. The summed E-state index contributed by atoms with van der Waals surface area (Å²) in [6.07, 6.45) is -0.999. The number of aliphatic carboxylic acids is 2. The highest BCUT2D eigenvalue weighted by Gasteiger charge is 2.39. The van der Waals surface area contributed by atoms with Crippen LogP contribution in [0, 0.1) is 0 Å². The standard InChI is InChI=1S/C19H30N6O9/c20-9(3-5-13(21)26)16(30)23-10(4-6-14(22)27)18(32)25-7-1-2-12(25)17(31)24-11(19(33)34)8-15(28)29/h9-12H,1-8,20H2,(H2,21,26)(H2,22,27)(H,23,30)(H,24,31)(H,28,29)(H,33,34)/t9-,10-,11-,12-/m0/s1. The number of carbonyl (C=O) groups excluding carboxylic acids is 5. The Bertz CT molecular complexity index is 833. The largest absolute Gasteiger partial charge is 0.481 e. The van der Waals surface area contributed by atoms with Gasteiger partial charge in [0.2, 0.25) is 29.5 Å². The van der Waals surface area contributed by atoms with Crippen LogP contribution in [0.4, 0.5) is 0 Å². The molecule has 1 aliphatic heterocycles. The second kappa shape index (κ2) is 13.1. The normalized spacial score (nSPS) is 17.8. The van der Waals surface area contributed by atoms with Crippen molar-refractivity contribution in [1.82, 2.24) is 15.5 Å². The van der Waals surface area contributed by atoms with Gasteiger partial charge in [-0.15, -0.1) is 0 Å². The zero-order chi connectivity index (χ0) is 26.0. The first-order valence-electron chi connectivity index (χ1n) is 10.5. The fourth-order valence-electron chi connectivity index (χ4n) is 3.40. The van der Waals surface area contributed by atoms with Crippen LogP contribution in [-0.2, 0) is 33.6 Å². The summed E-state index contributed by atoms with van der Waals surface area (Å²) in [5, 5.41) is 22.5. The minimum atomic E-state index is -1.70. The molecule has 0 unspecified atom stereocenters. The summed E-state index contributed by atoms with van der Waals surface area (Å²) in [5.41, 5.74) is 15.9. The second-order valence-corrected chi connectivity index (χ2v) is 7.86. The molecule has 1 heterocycles. The van der Waals surface area contributed by atoms with Crippen LogP contribution in [0.5, 0.6) is 0 Å². The number of carbonyl (C=O) groups is 7. The number of nitrogens with zero attached hydrogens (tertiary/aromatic N) is 1. The van der Waals surface area contributed by atoms with E-state index in [4.69, 9.17) is 27.4 Å². The summed E-state index contributed by atoms with van der Waals surface area (Å²) in [6.45, 7) is 0.101. The molecular weight excluding hydrogens is 456 g/mol. The molecule has 1 fully saturated rings. The lowest BCUT2D eigenvalue weighted by Crippen LogP contribution is -2.57. The number of rotatable bonds is 14. The van der Waals surface area contributed by atoms with Crippen LogP contribution in [0.3, 0.4) is 0 Å². The molecule has 0 spiro atoms. The molecule has 190 valence electrons. The van der Waals surface area contributed by atoms with Crippen LogP contribution >= 0.6 is 0 Å². The van der Waals surface area contributed by atoms with Crippen molar-refractivity contribution in [2.75, 3.05) is 6.54 Å². The van der Waals surface area contributed by atoms with Crippen molar-refractivity contribution in [3.05, 3.63) is 0 Å². The first-order chi connectivity index (χ1) is 15.8. The molecule has 0 bridgehead atoms. The van der Waals surface area contributed by atoms with E-state index in [1.165, 1.54) is 0 Å². The van der Waals surface area contributed by atoms with E-state index in [2.05, 4.69) is 10.6 Å². The summed E-state index contributed by atoms with van der Waals surface area (Å²) in [4.78, 5) is 83.5. The van der Waals surface area contributed by atoms with Crippen LogP contribution in [0.1, 0.15) is 44.9 Å². The van der Waals surface area contributed by atoms with Crippen LogP contribution in [0.2, 0.25) is 0 Å². The van der Waals surface area contributed by atoms with E-state index in [9.17, 15) is 33.6 Å². The first-order valence-corrected chi connectivity index (χ1v) is 10.5. The lowest BCUT2D eigenvalue weighted by molar-refractivity contribution is -0.148. The van der Waals surface area contributed by atoms with E-state index in [0.717, 1.165) is 4.90 Å². The molecule has 0 saturated carbocycles. The summed E-state index contributed by atoms with van der Waals surface area (Å²) in [5.74, 6) is -6.76. The van der Waals surface area contributed by atoms with Crippen LogP contribution < -0.4 is 27.8 Å². The van der Waals surface area contributed by atoms with Gasteiger partial charge in [-0.05, 0) is 25.7 Å². The molecule has 1 rings (SSSR count). The van der Waals surface area contributed by atoms with Gasteiger partial charge < -0.3 is 42.9 Å². The highest BCUT2D eigenvalue weighted by atomic mass is 16.4. The molecule has 15 nitrogen and oxygen atoms in total. The smallest absolute Gasteiger partial charge is 0.326 e. The molecule has 10 N–H and O–H groups in total. The summed E-state index contributed by atoms with van der Waals surface area (Å²) in [6, 6.07) is -5.25. The maximum Gasteiger partial charge on any atom is 0.326 e. The van der Waals surface area contributed by atoms with Crippen molar-refractivity contribution in [3.8, 4) is 0 Å². The Morgan fingerprint density at radius 1 is 0.912 bits per heavy atom.